The number of tetrazole rings is 1. The molecule has 2 amide bonds. The van der Waals surface area contributed by atoms with Crippen LogP contribution >= 0.6 is 11.3 Å². The van der Waals surface area contributed by atoms with Crippen molar-refractivity contribution >= 4 is 23.2 Å². The van der Waals surface area contributed by atoms with E-state index in [2.05, 4.69) is 20.7 Å². The number of benzene rings is 2. The Kier molecular flexibility index (Phi) is 9.25. The summed E-state index contributed by atoms with van der Waals surface area (Å²) < 4.78 is 10.5. The Labute approximate surface area is 243 Å². The van der Waals surface area contributed by atoms with Crippen LogP contribution in [0.25, 0.3) is 11.4 Å². The average Bonchev–Trinajstić information content (AvgIpc) is 3.71. The van der Waals surface area contributed by atoms with Crippen LogP contribution in [-0.4, -0.2) is 57.2 Å². The summed E-state index contributed by atoms with van der Waals surface area (Å²) in [5.41, 5.74) is 1.62. The number of carbonyl (C=O) groups excluding carboxylic acids is 2. The number of carbonyl (C=O) groups is 2. The molecule has 2 aromatic carbocycles. The standard InChI is InChI=1S/C30H34N6O4S/c1-39-24-14-10-21(11-15-24)19-35(28(26-9-6-18-41-26)30(38)31-23-7-4-3-5-8-23)27(37)20-36-33-29(32-34-36)22-12-16-25(40-2)17-13-22/h6,9-18,23,28H,3-5,7-8,19-20H2,1-2H3,(H,31,38)/t28-/m0/s1. The van der Waals surface area contributed by atoms with Gasteiger partial charge in [0.15, 0.2) is 0 Å². The number of ether oxygens (including phenoxy) is 2. The zero-order chi connectivity index (χ0) is 28.6. The lowest BCUT2D eigenvalue weighted by Gasteiger charge is -2.32. The second-order valence-corrected chi connectivity index (χ2v) is 11.0. The highest BCUT2D eigenvalue weighted by Crippen LogP contribution is 2.29. The van der Waals surface area contributed by atoms with Crippen LogP contribution in [0.5, 0.6) is 11.5 Å². The van der Waals surface area contributed by atoms with E-state index in [9.17, 15) is 9.59 Å². The summed E-state index contributed by atoms with van der Waals surface area (Å²) in [5, 5.41) is 17.9. The second-order valence-electron chi connectivity index (χ2n) is 10.0. The lowest BCUT2D eigenvalue weighted by atomic mass is 9.95. The second kappa shape index (κ2) is 13.4. The number of thiophene rings is 1. The zero-order valence-electron chi connectivity index (χ0n) is 23.2. The highest BCUT2D eigenvalue weighted by atomic mass is 32.1. The lowest BCUT2D eigenvalue weighted by Crippen LogP contribution is -2.47. The molecule has 2 aromatic heterocycles. The molecule has 1 aliphatic rings. The monoisotopic (exact) mass is 574 g/mol. The summed E-state index contributed by atoms with van der Waals surface area (Å²) in [6, 6.07) is 17.9. The van der Waals surface area contributed by atoms with Gasteiger partial charge < -0.3 is 19.7 Å². The highest BCUT2D eigenvalue weighted by Gasteiger charge is 2.34. The van der Waals surface area contributed by atoms with Crippen molar-refractivity contribution < 1.29 is 19.1 Å². The van der Waals surface area contributed by atoms with Gasteiger partial charge >= 0.3 is 0 Å². The normalized spacial score (nSPS) is 14.3. The van der Waals surface area contributed by atoms with E-state index in [-0.39, 0.29) is 30.9 Å². The largest absolute Gasteiger partial charge is 0.497 e. The van der Waals surface area contributed by atoms with Gasteiger partial charge in [-0.05, 0) is 71.5 Å². The molecule has 0 radical (unpaired) electrons. The van der Waals surface area contributed by atoms with Crippen LogP contribution in [0.3, 0.4) is 0 Å². The maximum atomic E-state index is 14.0. The number of nitrogens with one attached hydrogen (secondary N) is 1. The molecule has 214 valence electrons. The summed E-state index contributed by atoms with van der Waals surface area (Å²) in [4.78, 5) is 31.5. The van der Waals surface area contributed by atoms with Crippen LogP contribution in [0.4, 0.5) is 0 Å². The van der Waals surface area contributed by atoms with Crippen LogP contribution in [-0.2, 0) is 22.7 Å². The van der Waals surface area contributed by atoms with E-state index >= 15 is 0 Å². The SMILES string of the molecule is COc1ccc(CN(C(=O)Cn2nnc(-c3ccc(OC)cc3)n2)[C@H](C(=O)NC2CCCCC2)c2cccs2)cc1. The van der Waals surface area contributed by atoms with E-state index in [1.807, 2.05) is 66.0 Å². The van der Waals surface area contributed by atoms with E-state index in [0.717, 1.165) is 47.4 Å². The Morgan fingerprint density at radius 3 is 2.32 bits per heavy atom. The van der Waals surface area contributed by atoms with Gasteiger partial charge in [-0.3, -0.25) is 9.59 Å². The van der Waals surface area contributed by atoms with E-state index in [4.69, 9.17) is 9.47 Å². The van der Waals surface area contributed by atoms with Gasteiger partial charge in [-0.2, -0.15) is 4.80 Å². The molecule has 1 fully saturated rings. The van der Waals surface area contributed by atoms with Gasteiger partial charge in [0, 0.05) is 23.0 Å². The summed E-state index contributed by atoms with van der Waals surface area (Å²) >= 11 is 1.46. The number of aromatic nitrogens is 4. The van der Waals surface area contributed by atoms with Crippen molar-refractivity contribution in [3.05, 3.63) is 76.5 Å². The predicted octanol–water partition coefficient (Wildman–Crippen LogP) is 4.64. The fourth-order valence-electron chi connectivity index (χ4n) is 5.03. The molecule has 1 aliphatic carbocycles. The molecule has 0 saturated heterocycles. The van der Waals surface area contributed by atoms with Crippen molar-refractivity contribution in [2.75, 3.05) is 14.2 Å². The molecule has 4 aromatic rings. The molecule has 5 rings (SSSR count). The zero-order valence-corrected chi connectivity index (χ0v) is 24.0. The lowest BCUT2D eigenvalue weighted by molar-refractivity contribution is -0.142. The van der Waals surface area contributed by atoms with E-state index in [1.54, 1.807) is 19.1 Å². The minimum absolute atomic E-state index is 0.112. The van der Waals surface area contributed by atoms with Gasteiger partial charge in [-0.15, -0.1) is 21.5 Å². The molecule has 1 atom stereocenters. The topological polar surface area (TPSA) is 111 Å². The third kappa shape index (κ3) is 7.10. The molecule has 41 heavy (non-hydrogen) atoms. The molecule has 0 aliphatic heterocycles. The Balaban J connectivity index is 1.42. The van der Waals surface area contributed by atoms with Crippen LogP contribution in [0.15, 0.2) is 66.0 Å². The summed E-state index contributed by atoms with van der Waals surface area (Å²) in [5.74, 6) is 1.36. The van der Waals surface area contributed by atoms with Crippen LogP contribution in [0.1, 0.15) is 48.6 Å². The molecule has 11 heteroatoms. The van der Waals surface area contributed by atoms with Gasteiger partial charge in [0.25, 0.3) is 0 Å². The van der Waals surface area contributed by atoms with E-state index in [1.165, 1.54) is 22.6 Å². The maximum absolute atomic E-state index is 14.0. The van der Waals surface area contributed by atoms with Crippen molar-refractivity contribution in [1.82, 2.24) is 30.4 Å². The number of nitrogens with zero attached hydrogens (tertiary/aromatic N) is 5. The van der Waals surface area contributed by atoms with Crippen LogP contribution < -0.4 is 14.8 Å². The van der Waals surface area contributed by atoms with E-state index < -0.39 is 6.04 Å². The summed E-state index contributed by atoms with van der Waals surface area (Å²) in [7, 11) is 3.21. The Morgan fingerprint density at radius 1 is 1.00 bits per heavy atom. The van der Waals surface area contributed by atoms with Crippen molar-refractivity contribution in [3.63, 3.8) is 0 Å². The van der Waals surface area contributed by atoms with Crippen molar-refractivity contribution in [3.8, 4) is 22.9 Å². The summed E-state index contributed by atoms with van der Waals surface area (Å²) in [6.07, 6.45) is 5.28. The number of rotatable bonds is 11. The minimum atomic E-state index is -0.795. The molecule has 1 N–H and O–H groups in total. The van der Waals surface area contributed by atoms with Crippen LogP contribution in [0.2, 0.25) is 0 Å². The number of amides is 2. The predicted molar refractivity (Wildman–Crippen MR) is 155 cm³/mol. The van der Waals surface area contributed by atoms with Gasteiger partial charge in [0.2, 0.25) is 17.6 Å². The smallest absolute Gasteiger partial charge is 0.248 e. The quantitative estimate of drug-likeness (QED) is 0.278. The highest BCUT2D eigenvalue weighted by molar-refractivity contribution is 7.10. The Bertz CT molecular complexity index is 1420. The molecule has 0 spiro atoms. The first-order valence-corrected chi connectivity index (χ1v) is 14.6. The molecular formula is C30H34N6O4S. The Hall–Kier alpha value is -4.25. The fraction of sp³-hybridized carbons (Fsp3) is 0.367. The number of methoxy groups -OCH3 is 2. The van der Waals surface area contributed by atoms with Gasteiger partial charge in [-0.25, -0.2) is 0 Å². The fourth-order valence-corrected chi connectivity index (χ4v) is 5.86. The van der Waals surface area contributed by atoms with Crippen molar-refractivity contribution in [2.45, 2.75) is 57.3 Å². The maximum Gasteiger partial charge on any atom is 0.248 e. The molecule has 0 bridgehead atoms. The number of hydrogen-bond acceptors (Lipinski definition) is 8. The molecular weight excluding hydrogens is 540 g/mol. The molecule has 0 unspecified atom stereocenters. The van der Waals surface area contributed by atoms with Gasteiger partial charge in [0.1, 0.15) is 24.1 Å². The first kappa shape index (κ1) is 28.3. The van der Waals surface area contributed by atoms with Crippen molar-refractivity contribution in [2.24, 2.45) is 0 Å². The third-order valence-electron chi connectivity index (χ3n) is 7.23. The minimum Gasteiger partial charge on any atom is -0.497 e. The van der Waals surface area contributed by atoms with E-state index in [0.29, 0.717) is 11.6 Å². The van der Waals surface area contributed by atoms with Gasteiger partial charge in [0.05, 0.1) is 14.2 Å². The number of hydrogen-bond donors (Lipinski definition) is 1. The first-order chi connectivity index (χ1) is 20.0. The Morgan fingerprint density at radius 2 is 1.68 bits per heavy atom. The van der Waals surface area contributed by atoms with Crippen molar-refractivity contribution in [1.29, 1.82) is 0 Å². The summed E-state index contributed by atoms with van der Waals surface area (Å²) in [6.45, 7) is 0.0570. The third-order valence-corrected chi connectivity index (χ3v) is 8.16. The molecule has 2 heterocycles. The van der Waals surface area contributed by atoms with Crippen LogP contribution in [0, 0.1) is 0 Å². The molecule has 1 saturated carbocycles. The first-order valence-electron chi connectivity index (χ1n) is 13.7. The van der Waals surface area contributed by atoms with Gasteiger partial charge in [-0.1, -0.05) is 37.5 Å². The average molecular weight is 575 g/mol. The molecule has 10 nitrogen and oxygen atoms in total.